The number of hydrogen-bond acceptors (Lipinski definition) is 4. The van der Waals surface area contributed by atoms with E-state index in [-0.39, 0.29) is 36.0 Å². The summed E-state index contributed by atoms with van der Waals surface area (Å²) in [4.78, 5) is 4.68. The molecule has 1 aromatic carbocycles. The van der Waals surface area contributed by atoms with Gasteiger partial charge in [0.25, 0.3) is 0 Å². The smallest absolute Gasteiger partial charge is 0.191 e. The molecule has 0 aliphatic carbocycles. The molecule has 1 aromatic rings. The largest absolute Gasteiger partial charge is 0.396 e. The lowest BCUT2D eigenvalue weighted by Gasteiger charge is -2.24. The molecule has 1 saturated heterocycles. The zero-order chi connectivity index (χ0) is 18.7. The van der Waals surface area contributed by atoms with Crippen LogP contribution in [0.2, 0.25) is 5.02 Å². The predicted molar refractivity (Wildman–Crippen MR) is 120 cm³/mol. The molecule has 0 radical (unpaired) electrons. The molecule has 6 nitrogen and oxygen atoms in total. The third-order valence-corrected chi connectivity index (χ3v) is 4.72. The lowest BCUT2D eigenvalue weighted by molar-refractivity contribution is 0.125. The molecule has 154 valence electrons. The number of aliphatic hydroxyl groups is 1. The van der Waals surface area contributed by atoms with E-state index in [9.17, 15) is 5.11 Å². The van der Waals surface area contributed by atoms with E-state index in [4.69, 9.17) is 21.1 Å². The van der Waals surface area contributed by atoms with Crippen LogP contribution in [-0.4, -0.2) is 57.1 Å². The minimum Gasteiger partial charge on any atom is -0.396 e. The van der Waals surface area contributed by atoms with Gasteiger partial charge in [-0.2, -0.15) is 0 Å². The SMILES string of the molecule is CCNC(=NCC1(CCO)CCOC1)NCCOCc1ccc(Cl)cc1.I. The summed E-state index contributed by atoms with van der Waals surface area (Å²) in [7, 11) is 0. The first-order valence-corrected chi connectivity index (χ1v) is 9.58. The number of aliphatic imine (C=N–C) groups is 1. The number of aliphatic hydroxyl groups excluding tert-OH is 1. The van der Waals surface area contributed by atoms with Crippen LogP contribution in [-0.2, 0) is 16.1 Å². The van der Waals surface area contributed by atoms with Gasteiger partial charge in [0.2, 0.25) is 0 Å². The van der Waals surface area contributed by atoms with Gasteiger partial charge in [0, 0.05) is 36.7 Å². The van der Waals surface area contributed by atoms with Gasteiger partial charge in [0.1, 0.15) is 0 Å². The maximum Gasteiger partial charge on any atom is 0.191 e. The van der Waals surface area contributed by atoms with Crippen molar-refractivity contribution in [3.63, 3.8) is 0 Å². The van der Waals surface area contributed by atoms with Crippen LogP contribution in [0.5, 0.6) is 0 Å². The molecule has 0 amide bonds. The van der Waals surface area contributed by atoms with Crippen LogP contribution >= 0.6 is 35.6 Å². The van der Waals surface area contributed by atoms with Gasteiger partial charge in [-0.05, 0) is 37.5 Å². The Morgan fingerprint density at radius 2 is 2.11 bits per heavy atom. The summed E-state index contributed by atoms with van der Waals surface area (Å²) in [6.07, 6.45) is 1.67. The van der Waals surface area contributed by atoms with Crippen molar-refractivity contribution >= 4 is 41.5 Å². The van der Waals surface area contributed by atoms with Crippen LogP contribution in [0.15, 0.2) is 29.3 Å². The number of benzene rings is 1. The van der Waals surface area contributed by atoms with E-state index >= 15 is 0 Å². The van der Waals surface area contributed by atoms with Gasteiger partial charge in [0.05, 0.1) is 26.4 Å². The molecule has 1 unspecified atom stereocenters. The lowest BCUT2D eigenvalue weighted by Crippen LogP contribution is -2.40. The molecule has 1 aliphatic heterocycles. The highest BCUT2D eigenvalue weighted by atomic mass is 127. The van der Waals surface area contributed by atoms with Gasteiger partial charge >= 0.3 is 0 Å². The van der Waals surface area contributed by atoms with Crippen molar-refractivity contribution in [3.8, 4) is 0 Å². The van der Waals surface area contributed by atoms with E-state index in [2.05, 4.69) is 15.6 Å². The van der Waals surface area contributed by atoms with Crippen molar-refractivity contribution in [1.29, 1.82) is 0 Å². The van der Waals surface area contributed by atoms with Gasteiger partial charge < -0.3 is 25.2 Å². The fourth-order valence-corrected chi connectivity index (χ4v) is 3.01. The van der Waals surface area contributed by atoms with Crippen molar-refractivity contribution in [1.82, 2.24) is 10.6 Å². The van der Waals surface area contributed by atoms with E-state index in [0.29, 0.717) is 32.9 Å². The zero-order valence-electron chi connectivity index (χ0n) is 15.9. The average Bonchev–Trinajstić information content (AvgIpc) is 3.10. The molecule has 0 saturated carbocycles. The molecule has 2 rings (SSSR count). The molecule has 27 heavy (non-hydrogen) atoms. The summed E-state index contributed by atoms with van der Waals surface area (Å²) in [5.74, 6) is 0.770. The first-order chi connectivity index (χ1) is 12.7. The van der Waals surface area contributed by atoms with Crippen molar-refractivity contribution in [2.24, 2.45) is 10.4 Å². The van der Waals surface area contributed by atoms with Crippen molar-refractivity contribution in [2.45, 2.75) is 26.4 Å². The molecule has 8 heteroatoms. The Balaban J connectivity index is 0.00000364. The molecule has 1 aliphatic rings. The monoisotopic (exact) mass is 511 g/mol. The first-order valence-electron chi connectivity index (χ1n) is 9.20. The second-order valence-corrected chi connectivity index (χ2v) is 7.01. The Hall–Kier alpha value is -0.610. The van der Waals surface area contributed by atoms with Gasteiger partial charge in [-0.25, -0.2) is 0 Å². The summed E-state index contributed by atoms with van der Waals surface area (Å²) in [6, 6.07) is 7.66. The minimum atomic E-state index is -0.0395. The van der Waals surface area contributed by atoms with Gasteiger partial charge in [-0.3, -0.25) is 4.99 Å². The number of hydrogen-bond donors (Lipinski definition) is 3. The summed E-state index contributed by atoms with van der Waals surface area (Å²) in [6.45, 7) is 6.87. The van der Waals surface area contributed by atoms with Gasteiger partial charge in [-0.15, -0.1) is 24.0 Å². The van der Waals surface area contributed by atoms with Crippen LogP contribution in [0.25, 0.3) is 0 Å². The van der Waals surface area contributed by atoms with Gasteiger partial charge in [-0.1, -0.05) is 23.7 Å². The third-order valence-electron chi connectivity index (χ3n) is 4.46. The van der Waals surface area contributed by atoms with Crippen molar-refractivity contribution in [3.05, 3.63) is 34.9 Å². The number of guanidine groups is 1. The second-order valence-electron chi connectivity index (χ2n) is 6.58. The molecule has 0 bridgehead atoms. The van der Waals surface area contributed by atoms with Crippen LogP contribution in [0.4, 0.5) is 0 Å². The number of nitrogens with zero attached hydrogens (tertiary/aromatic N) is 1. The Labute approximate surface area is 184 Å². The van der Waals surface area contributed by atoms with E-state index in [0.717, 1.165) is 42.5 Å². The maximum atomic E-state index is 9.31. The van der Waals surface area contributed by atoms with Crippen LogP contribution < -0.4 is 10.6 Å². The average molecular weight is 512 g/mol. The molecule has 1 atom stereocenters. The van der Waals surface area contributed by atoms with E-state index in [1.54, 1.807) is 0 Å². The molecular formula is C19H31ClIN3O3. The standard InChI is InChI=1S/C19H30ClN3O3.HI/c1-2-21-18(23-14-19(7-10-24)8-11-26-15-19)22-9-12-25-13-16-3-5-17(20)6-4-16;/h3-6,24H,2,7-15H2,1H3,(H2,21,22,23);1H. The molecule has 3 N–H and O–H groups in total. The first kappa shape index (κ1) is 24.4. The summed E-state index contributed by atoms with van der Waals surface area (Å²) in [5.41, 5.74) is 1.06. The highest BCUT2D eigenvalue weighted by Crippen LogP contribution is 2.32. The van der Waals surface area contributed by atoms with Gasteiger partial charge in [0.15, 0.2) is 5.96 Å². The van der Waals surface area contributed by atoms with Crippen LogP contribution in [0.1, 0.15) is 25.3 Å². The van der Waals surface area contributed by atoms with Crippen LogP contribution in [0.3, 0.4) is 0 Å². The molecule has 0 spiro atoms. The number of rotatable bonds is 10. The summed E-state index contributed by atoms with van der Waals surface area (Å²) >= 11 is 5.87. The third kappa shape index (κ3) is 8.95. The fourth-order valence-electron chi connectivity index (χ4n) is 2.89. The fraction of sp³-hybridized carbons (Fsp3) is 0.632. The van der Waals surface area contributed by atoms with E-state index < -0.39 is 0 Å². The van der Waals surface area contributed by atoms with Crippen molar-refractivity contribution < 1.29 is 14.6 Å². The number of ether oxygens (including phenoxy) is 2. The van der Waals surface area contributed by atoms with Crippen molar-refractivity contribution in [2.75, 3.05) is 46.1 Å². The molecule has 1 fully saturated rings. The normalized spacial score (nSPS) is 19.6. The zero-order valence-corrected chi connectivity index (χ0v) is 19.0. The number of halogens is 2. The Bertz CT molecular complexity index is 552. The highest BCUT2D eigenvalue weighted by Gasteiger charge is 2.34. The summed E-state index contributed by atoms with van der Waals surface area (Å²) < 4.78 is 11.2. The second kappa shape index (κ2) is 13.5. The Morgan fingerprint density at radius 1 is 1.33 bits per heavy atom. The lowest BCUT2D eigenvalue weighted by atomic mass is 9.84. The Morgan fingerprint density at radius 3 is 2.74 bits per heavy atom. The molecule has 1 heterocycles. The van der Waals surface area contributed by atoms with E-state index in [1.807, 2.05) is 31.2 Å². The molecular weight excluding hydrogens is 481 g/mol. The van der Waals surface area contributed by atoms with Crippen LogP contribution in [0, 0.1) is 5.41 Å². The molecule has 0 aromatic heterocycles. The number of nitrogens with one attached hydrogen (secondary N) is 2. The summed E-state index contributed by atoms with van der Waals surface area (Å²) in [5, 5.41) is 16.6. The minimum absolute atomic E-state index is 0. The highest BCUT2D eigenvalue weighted by molar-refractivity contribution is 14.0. The Kier molecular flexibility index (Phi) is 12.3. The maximum absolute atomic E-state index is 9.31. The van der Waals surface area contributed by atoms with E-state index in [1.165, 1.54) is 0 Å². The topological polar surface area (TPSA) is 75.1 Å². The predicted octanol–water partition coefficient (Wildman–Crippen LogP) is 2.82. The quantitative estimate of drug-likeness (QED) is 0.195.